The van der Waals surface area contributed by atoms with Gasteiger partial charge in [-0.15, -0.1) is 0 Å². The van der Waals surface area contributed by atoms with Gasteiger partial charge in [0, 0.05) is 26.2 Å². The molecule has 1 atom stereocenters. The number of nitrogens with one attached hydrogen (secondary N) is 1. The van der Waals surface area contributed by atoms with Crippen LogP contribution in [0.4, 0.5) is 0 Å². The molecule has 1 aromatic rings. The van der Waals surface area contributed by atoms with Crippen LogP contribution < -0.4 is 5.32 Å². The molecule has 21 heavy (non-hydrogen) atoms. The Balaban J connectivity index is 2.23. The first-order valence-electron chi connectivity index (χ1n) is 7.02. The van der Waals surface area contributed by atoms with E-state index in [1.165, 1.54) is 4.31 Å². The molecule has 1 N–H and O–H groups in total. The fourth-order valence-electron chi connectivity index (χ4n) is 2.45. The minimum Gasteiger partial charge on any atom is -0.383 e. The van der Waals surface area contributed by atoms with Crippen LogP contribution in [0.5, 0.6) is 0 Å². The van der Waals surface area contributed by atoms with Gasteiger partial charge in [-0.05, 0) is 31.5 Å². The Labute approximate surface area is 131 Å². The molecule has 0 radical (unpaired) electrons. The van der Waals surface area contributed by atoms with Gasteiger partial charge in [0.15, 0.2) is 0 Å². The lowest BCUT2D eigenvalue weighted by Gasteiger charge is -2.25. The van der Waals surface area contributed by atoms with Crippen LogP contribution in [0.1, 0.15) is 12.8 Å². The van der Waals surface area contributed by atoms with Gasteiger partial charge < -0.3 is 10.1 Å². The normalized spacial score (nSPS) is 19.3. The third-order valence-corrected chi connectivity index (χ3v) is 5.95. The molecule has 1 saturated heterocycles. The van der Waals surface area contributed by atoms with Gasteiger partial charge in [-0.2, -0.15) is 4.31 Å². The number of rotatable bonds is 7. The fraction of sp³-hybridized carbons (Fsp3) is 0.571. The van der Waals surface area contributed by atoms with Crippen molar-refractivity contribution in [3.63, 3.8) is 0 Å². The predicted octanol–water partition coefficient (Wildman–Crippen LogP) is 1.73. The summed E-state index contributed by atoms with van der Waals surface area (Å²) in [7, 11) is -2.05. The van der Waals surface area contributed by atoms with E-state index >= 15 is 0 Å². The topological polar surface area (TPSA) is 58.6 Å². The van der Waals surface area contributed by atoms with Gasteiger partial charge in [-0.25, -0.2) is 8.42 Å². The summed E-state index contributed by atoms with van der Waals surface area (Å²) in [5.41, 5.74) is 0. The zero-order valence-corrected chi connectivity index (χ0v) is 13.7. The molecule has 1 aromatic carbocycles. The number of halogens is 1. The molecule has 118 valence electrons. The van der Waals surface area contributed by atoms with Crippen LogP contribution in [-0.2, 0) is 14.8 Å². The summed E-state index contributed by atoms with van der Waals surface area (Å²) in [5, 5.41) is 3.57. The smallest absolute Gasteiger partial charge is 0.244 e. The quantitative estimate of drug-likeness (QED) is 0.826. The summed E-state index contributed by atoms with van der Waals surface area (Å²) in [5.74, 6) is 0. The van der Waals surface area contributed by atoms with E-state index in [1.807, 2.05) is 0 Å². The van der Waals surface area contributed by atoms with Crippen LogP contribution in [0.15, 0.2) is 29.2 Å². The van der Waals surface area contributed by atoms with Gasteiger partial charge in [-0.3, -0.25) is 0 Å². The van der Waals surface area contributed by atoms with E-state index in [1.54, 1.807) is 31.4 Å². The number of ether oxygens (including phenoxy) is 1. The molecule has 0 saturated carbocycles. The van der Waals surface area contributed by atoms with Gasteiger partial charge in [0.2, 0.25) is 10.0 Å². The minimum atomic E-state index is -3.61. The molecule has 1 unspecified atom stereocenters. The first-order chi connectivity index (χ1) is 10.1. The molecular formula is C14H21ClN2O3S. The summed E-state index contributed by atoms with van der Waals surface area (Å²) in [6, 6.07) is 6.73. The molecule has 0 amide bonds. The second-order valence-electron chi connectivity index (χ2n) is 5.08. The summed E-state index contributed by atoms with van der Waals surface area (Å²) in [6.45, 7) is 2.06. The van der Waals surface area contributed by atoms with E-state index in [0.29, 0.717) is 19.7 Å². The number of hydrogen-bond acceptors (Lipinski definition) is 4. The molecule has 1 heterocycles. The summed E-state index contributed by atoms with van der Waals surface area (Å²) in [6.07, 6.45) is 2.07. The van der Waals surface area contributed by atoms with Crippen molar-refractivity contribution >= 4 is 21.6 Å². The van der Waals surface area contributed by atoms with Crippen molar-refractivity contribution in [3.05, 3.63) is 29.3 Å². The fourth-order valence-corrected chi connectivity index (χ4v) is 4.42. The lowest BCUT2D eigenvalue weighted by Crippen LogP contribution is -2.42. The maximum Gasteiger partial charge on any atom is 0.244 e. The highest BCUT2D eigenvalue weighted by Crippen LogP contribution is 2.24. The van der Waals surface area contributed by atoms with E-state index in [0.717, 1.165) is 19.4 Å². The summed E-state index contributed by atoms with van der Waals surface area (Å²) >= 11 is 6.05. The summed E-state index contributed by atoms with van der Waals surface area (Å²) in [4.78, 5) is 0.153. The third kappa shape index (κ3) is 4.17. The lowest BCUT2D eigenvalue weighted by molar-refractivity contribution is 0.176. The first-order valence-corrected chi connectivity index (χ1v) is 8.84. The monoisotopic (exact) mass is 332 g/mol. The molecule has 2 rings (SSSR count). The highest BCUT2D eigenvalue weighted by molar-refractivity contribution is 7.89. The molecule has 7 heteroatoms. The van der Waals surface area contributed by atoms with Crippen molar-refractivity contribution < 1.29 is 13.2 Å². The minimum absolute atomic E-state index is 0.153. The maximum atomic E-state index is 12.8. The van der Waals surface area contributed by atoms with Gasteiger partial charge in [0.1, 0.15) is 4.90 Å². The highest BCUT2D eigenvalue weighted by Gasteiger charge is 2.29. The van der Waals surface area contributed by atoms with Crippen LogP contribution >= 0.6 is 11.6 Å². The Kier molecular flexibility index (Phi) is 6.01. The third-order valence-electron chi connectivity index (χ3n) is 3.59. The van der Waals surface area contributed by atoms with Crippen LogP contribution in [0.3, 0.4) is 0 Å². The second-order valence-corrected chi connectivity index (χ2v) is 7.39. The van der Waals surface area contributed by atoms with Crippen LogP contribution in [0, 0.1) is 0 Å². The number of benzene rings is 1. The molecular weight excluding hydrogens is 312 g/mol. The van der Waals surface area contributed by atoms with Crippen molar-refractivity contribution in [3.8, 4) is 0 Å². The van der Waals surface area contributed by atoms with Gasteiger partial charge >= 0.3 is 0 Å². The molecule has 1 fully saturated rings. The van der Waals surface area contributed by atoms with Crippen LogP contribution in [0.2, 0.25) is 5.02 Å². The molecule has 0 aromatic heterocycles. The molecule has 0 bridgehead atoms. The lowest BCUT2D eigenvalue weighted by atomic mass is 10.2. The number of methoxy groups -OCH3 is 1. The first kappa shape index (κ1) is 16.7. The zero-order chi connectivity index (χ0) is 15.3. The molecule has 1 aliphatic rings. The standard InChI is InChI=1S/C14H21ClN2O3S/c1-20-10-9-17(11-12-5-4-8-16-12)21(18,19)14-7-3-2-6-13(14)15/h2-3,6-7,12,16H,4-5,8-11H2,1H3. The van der Waals surface area contributed by atoms with Gasteiger partial charge in [0.25, 0.3) is 0 Å². The average molecular weight is 333 g/mol. The van der Waals surface area contributed by atoms with Crippen molar-refractivity contribution in [2.24, 2.45) is 0 Å². The molecule has 1 aliphatic heterocycles. The zero-order valence-electron chi connectivity index (χ0n) is 12.1. The Morgan fingerprint density at radius 1 is 1.43 bits per heavy atom. The van der Waals surface area contributed by atoms with Gasteiger partial charge in [0.05, 0.1) is 11.6 Å². The number of hydrogen-bond donors (Lipinski definition) is 1. The molecule has 0 spiro atoms. The van der Waals surface area contributed by atoms with E-state index in [4.69, 9.17) is 16.3 Å². The van der Waals surface area contributed by atoms with E-state index < -0.39 is 10.0 Å². The average Bonchev–Trinajstić information content (AvgIpc) is 2.96. The number of nitrogens with zero attached hydrogens (tertiary/aromatic N) is 1. The van der Waals surface area contributed by atoms with Crippen molar-refractivity contribution in [2.45, 2.75) is 23.8 Å². The van der Waals surface area contributed by atoms with Crippen molar-refractivity contribution in [1.82, 2.24) is 9.62 Å². The van der Waals surface area contributed by atoms with Crippen molar-refractivity contribution in [2.75, 3.05) is 33.4 Å². The number of sulfonamides is 1. The molecule has 5 nitrogen and oxygen atoms in total. The summed E-state index contributed by atoms with van der Waals surface area (Å²) < 4.78 is 32.1. The van der Waals surface area contributed by atoms with E-state index in [9.17, 15) is 8.42 Å². The second kappa shape index (κ2) is 7.56. The van der Waals surface area contributed by atoms with Crippen molar-refractivity contribution in [1.29, 1.82) is 0 Å². The van der Waals surface area contributed by atoms with Crippen LogP contribution in [-0.4, -0.2) is 52.1 Å². The Bertz CT molecular complexity index is 559. The molecule has 0 aliphatic carbocycles. The Hall–Kier alpha value is -0.660. The Morgan fingerprint density at radius 2 is 2.19 bits per heavy atom. The largest absolute Gasteiger partial charge is 0.383 e. The predicted molar refractivity (Wildman–Crippen MR) is 83.1 cm³/mol. The van der Waals surface area contributed by atoms with Gasteiger partial charge in [-0.1, -0.05) is 23.7 Å². The highest BCUT2D eigenvalue weighted by atomic mass is 35.5. The van der Waals surface area contributed by atoms with Crippen LogP contribution in [0.25, 0.3) is 0 Å². The van der Waals surface area contributed by atoms with E-state index in [2.05, 4.69) is 5.32 Å². The SMILES string of the molecule is COCCN(CC1CCCN1)S(=O)(=O)c1ccccc1Cl. The maximum absolute atomic E-state index is 12.8. The van der Waals surface area contributed by atoms with E-state index in [-0.39, 0.29) is 16.0 Å². The Morgan fingerprint density at radius 3 is 2.81 bits per heavy atom.